The predicted octanol–water partition coefficient (Wildman–Crippen LogP) is 0.785. The molecule has 0 spiro atoms. The summed E-state index contributed by atoms with van der Waals surface area (Å²) in [5.74, 6) is 1.65. The Morgan fingerprint density at radius 3 is 2.12 bits per heavy atom. The number of hydrogen-bond donors (Lipinski definition) is 1. The van der Waals surface area contributed by atoms with Crippen molar-refractivity contribution in [2.24, 2.45) is 11.8 Å². The largest absolute Gasteiger partial charge is 0.392 e. The number of hydrogen-bond acceptors (Lipinski definition) is 3. The molecular formula is C13H24N2O. The van der Waals surface area contributed by atoms with Crippen LogP contribution in [0.15, 0.2) is 0 Å². The fourth-order valence-corrected chi connectivity index (χ4v) is 2.71. The topological polar surface area (TPSA) is 26.7 Å². The zero-order valence-corrected chi connectivity index (χ0v) is 10.1. The quantitative estimate of drug-likeness (QED) is 0.748. The van der Waals surface area contributed by atoms with E-state index in [0.717, 1.165) is 25.6 Å². The number of nitrogens with zero attached hydrogens (tertiary/aromatic N) is 2. The summed E-state index contributed by atoms with van der Waals surface area (Å²) < 4.78 is 0. The molecule has 1 heterocycles. The van der Waals surface area contributed by atoms with Crippen LogP contribution in [0.25, 0.3) is 0 Å². The van der Waals surface area contributed by atoms with Crippen LogP contribution in [0, 0.1) is 11.8 Å². The second-order valence-electron chi connectivity index (χ2n) is 5.95. The number of piperazine rings is 1. The number of aliphatic hydroxyl groups is 1. The maximum Gasteiger partial charge on any atom is 0.0695 e. The van der Waals surface area contributed by atoms with Crippen LogP contribution < -0.4 is 0 Å². The first-order valence-corrected chi connectivity index (χ1v) is 6.94. The van der Waals surface area contributed by atoms with Gasteiger partial charge in [-0.1, -0.05) is 0 Å². The number of aliphatic hydroxyl groups excluding tert-OH is 1. The van der Waals surface area contributed by atoms with E-state index < -0.39 is 0 Å². The molecule has 2 aliphatic carbocycles. The summed E-state index contributed by atoms with van der Waals surface area (Å²) in [4.78, 5) is 5.06. The van der Waals surface area contributed by atoms with Crippen LogP contribution in [0.5, 0.6) is 0 Å². The molecule has 1 aliphatic heterocycles. The van der Waals surface area contributed by atoms with E-state index in [0.29, 0.717) is 5.92 Å². The highest BCUT2D eigenvalue weighted by Gasteiger charge is 2.32. The Balaban J connectivity index is 1.36. The molecule has 0 aromatic carbocycles. The molecule has 0 aromatic rings. The smallest absolute Gasteiger partial charge is 0.0695 e. The molecule has 2 saturated carbocycles. The lowest BCUT2D eigenvalue weighted by molar-refractivity contribution is 0.0610. The molecule has 1 atom stereocenters. The molecule has 1 saturated heterocycles. The van der Waals surface area contributed by atoms with Gasteiger partial charge in [0.15, 0.2) is 0 Å². The van der Waals surface area contributed by atoms with Crippen molar-refractivity contribution in [2.75, 3.05) is 39.3 Å². The zero-order valence-electron chi connectivity index (χ0n) is 10.1. The van der Waals surface area contributed by atoms with Crippen LogP contribution in [0.3, 0.4) is 0 Å². The van der Waals surface area contributed by atoms with E-state index in [2.05, 4.69) is 9.80 Å². The average molecular weight is 224 g/mol. The fourth-order valence-electron chi connectivity index (χ4n) is 2.71. The van der Waals surface area contributed by atoms with Crippen molar-refractivity contribution in [1.82, 2.24) is 9.80 Å². The monoisotopic (exact) mass is 224 g/mol. The molecule has 3 fully saturated rings. The first-order valence-electron chi connectivity index (χ1n) is 6.94. The molecule has 0 radical (unpaired) electrons. The Bertz CT molecular complexity index is 230. The van der Waals surface area contributed by atoms with Crippen LogP contribution in [0.2, 0.25) is 0 Å². The van der Waals surface area contributed by atoms with E-state index >= 15 is 0 Å². The summed E-state index contributed by atoms with van der Waals surface area (Å²) in [6.45, 7) is 7.01. The standard InChI is InChI=1S/C13H24N2O/c16-13(12-3-4-12)10-15-7-5-14(6-8-15)9-11-1-2-11/h11-13,16H,1-10H2. The van der Waals surface area contributed by atoms with Gasteiger partial charge in [0.1, 0.15) is 0 Å². The van der Waals surface area contributed by atoms with E-state index in [1.807, 2.05) is 0 Å². The highest BCUT2D eigenvalue weighted by atomic mass is 16.3. The van der Waals surface area contributed by atoms with E-state index in [4.69, 9.17) is 0 Å². The third kappa shape index (κ3) is 2.96. The zero-order chi connectivity index (χ0) is 11.0. The molecular weight excluding hydrogens is 200 g/mol. The van der Waals surface area contributed by atoms with Crippen molar-refractivity contribution in [3.05, 3.63) is 0 Å². The molecule has 92 valence electrons. The van der Waals surface area contributed by atoms with Crippen molar-refractivity contribution in [2.45, 2.75) is 31.8 Å². The first kappa shape index (κ1) is 11.0. The Morgan fingerprint density at radius 2 is 1.56 bits per heavy atom. The van der Waals surface area contributed by atoms with Gasteiger partial charge in [0.05, 0.1) is 6.10 Å². The van der Waals surface area contributed by atoms with Gasteiger partial charge < -0.3 is 10.0 Å². The van der Waals surface area contributed by atoms with Gasteiger partial charge in [0.2, 0.25) is 0 Å². The minimum absolute atomic E-state index is 0.0463. The molecule has 1 N–H and O–H groups in total. The van der Waals surface area contributed by atoms with Gasteiger partial charge in [-0.3, -0.25) is 4.90 Å². The normalized spacial score (nSPS) is 30.6. The number of β-amino-alcohol motifs (C(OH)–C–C–N with tert-alkyl or cyclic N) is 1. The van der Waals surface area contributed by atoms with Crippen molar-refractivity contribution in [1.29, 1.82) is 0 Å². The van der Waals surface area contributed by atoms with Crippen LogP contribution in [0.1, 0.15) is 25.7 Å². The summed E-state index contributed by atoms with van der Waals surface area (Å²) in [5, 5.41) is 9.91. The Morgan fingerprint density at radius 1 is 0.938 bits per heavy atom. The van der Waals surface area contributed by atoms with Crippen LogP contribution in [-0.2, 0) is 0 Å². The molecule has 3 heteroatoms. The van der Waals surface area contributed by atoms with Crippen LogP contribution >= 0.6 is 0 Å². The van der Waals surface area contributed by atoms with Crippen molar-refractivity contribution in [3.8, 4) is 0 Å². The lowest BCUT2D eigenvalue weighted by Crippen LogP contribution is -2.49. The van der Waals surface area contributed by atoms with Crippen molar-refractivity contribution >= 4 is 0 Å². The van der Waals surface area contributed by atoms with E-state index in [1.54, 1.807) is 0 Å². The Labute approximate surface area is 98.4 Å². The van der Waals surface area contributed by atoms with Gasteiger partial charge in [0, 0.05) is 39.3 Å². The predicted molar refractivity (Wildman–Crippen MR) is 64.3 cm³/mol. The summed E-state index contributed by atoms with van der Waals surface area (Å²) in [6, 6.07) is 0. The molecule has 3 nitrogen and oxygen atoms in total. The van der Waals surface area contributed by atoms with Gasteiger partial charge in [-0.05, 0) is 37.5 Å². The highest BCUT2D eigenvalue weighted by Crippen LogP contribution is 2.33. The van der Waals surface area contributed by atoms with Crippen LogP contribution in [0.4, 0.5) is 0 Å². The van der Waals surface area contributed by atoms with E-state index in [1.165, 1.54) is 45.3 Å². The van der Waals surface area contributed by atoms with Crippen molar-refractivity contribution < 1.29 is 5.11 Å². The van der Waals surface area contributed by atoms with Gasteiger partial charge in [-0.2, -0.15) is 0 Å². The third-order valence-electron chi connectivity index (χ3n) is 4.29. The third-order valence-corrected chi connectivity index (χ3v) is 4.29. The molecule has 1 unspecified atom stereocenters. The van der Waals surface area contributed by atoms with Gasteiger partial charge in [0.25, 0.3) is 0 Å². The lowest BCUT2D eigenvalue weighted by Gasteiger charge is -2.35. The van der Waals surface area contributed by atoms with E-state index in [-0.39, 0.29) is 6.10 Å². The molecule has 3 aliphatic rings. The molecule has 0 aromatic heterocycles. The maximum atomic E-state index is 9.91. The van der Waals surface area contributed by atoms with Crippen LogP contribution in [-0.4, -0.2) is 60.3 Å². The average Bonchev–Trinajstić information content (AvgIpc) is 3.15. The van der Waals surface area contributed by atoms with Crippen molar-refractivity contribution in [3.63, 3.8) is 0 Å². The molecule has 3 rings (SSSR count). The second-order valence-corrected chi connectivity index (χ2v) is 5.95. The molecule has 0 bridgehead atoms. The highest BCUT2D eigenvalue weighted by molar-refractivity contribution is 4.85. The Hall–Kier alpha value is -0.120. The van der Waals surface area contributed by atoms with Gasteiger partial charge in [-0.25, -0.2) is 0 Å². The summed E-state index contributed by atoms with van der Waals surface area (Å²) in [5.41, 5.74) is 0. The summed E-state index contributed by atoms with van der Waals surface area (Å²) in [6.07, 6.45) is 5.38. The molecule has 0 amide bonds. The minimum atomic E-state index is -0.0463. The summed E-state index contributed by atoms with van der Waals surface area (Å²) in [7, 11) is 0. The van der Waals surface area contributed by atoms with Gasteiger partial charge in [-0.15, -0.1) is 0 Å². The lowest BCUT2D eigenvalue weighted by atomic mass is 10.2. The fraction of sp³-hybridized carbons (Fsp3) is 1.00. The second kappa shape index (κ2) is 4.63. The molecule has 16 heavy (non-hydrogen) atoms. The minimum Gasteiger partial charge on any atom is -0.392 e. The number of rotatable bonds is 5. The summed E-state index contributed by atoms with van der Waals surface area (Å²) >= 11 is 0. The first-order chi connectivity index (χ1) is 7.81. The SMILES string of the molecule is OC(CN1CCN(CC2CC2)CC1)C1CC1. The Kier molecular flexibility index (Phi) is 3.18. The van der Waals surface area contributed by atoms with E-state index in [9.17, 15) is 5.11 Å². The maximum absolute atomic E-state index is 9.91. The van der Waals surface area contributed by atoms with Gasteiger partial charge >= 0.3 is 0 Å².